The fraction of sp³-hybridized carbons (Fsp3) is 0.292. The van der Waals surface area contributed by atoms with Crippen molar-refractivity contribution in [3.63, 3.8) is 0 Å². The number of fused-ring (bicyclic) bond motifs is 1. The average molecular weight is 386 g/mol. The molecule has 148 valence electrons. The third-order valence-electron chi connectivity index (χ3n) is 5.56. The van der Waals surface area contributed by atoms with E-state index in [-0.39, 0.29) is 11.9 Å². The summed E-state index contributed by atoms with van der Waals surface area (Å²) >= 11 is 0. The average Bonchev–Trinajstić information content (AvgIpc) is 3.09. The number of aryl methyl sites for hydroxylation is 2. The first-order valence-electron chi connectivity index (χ1n) is 10.2. The van der Waals surface area contributed by atoms with Crippen LogP contribution in [-0.4, -0.2) is 21.9 Å². The van der Waals surface area contributed by atoms with Gasteiger partial charge in [-0.15, -0.1) is 0 Å². The summed E-state index contributed by atoms with van der Waals surface area (Å²) in [6, 6.07) is 14.8. The van der Waals surface area contributed by atoms with Gasteiger partial charge in [-0.25, -0.2) is 9.97 Å². The van der Waals surface area contributed by atoms with Crippen molar-refractivity contribution in [2.45, 2.75) is 46.1 Å². The fourth-order valence-electron chi connectivity index (χ4n) is 4.02. The van der Waals surface area contributed by atoms with Gasteiger partial charge < -0.3 is 10.2 Å². The van der Waals surface area contributed by atoms with Crippen LogP contribution >= 0.6 is 0 Å². The maximum absolute atomic E-state index is 12.8. The van der Waals surface area contributed by atoms with Gasteiger partial charge in [-0.2, -0.15) is 0 Å². The Morgan fingerprint density at radius 1 is 1.03 bits per heavy atom. The predicted molar refractivity (Wildman–Crippen MR) is 117 cm³/mol. The highest BCUT2D eigenvalue weighted by Gasteiger charge is 2.28. The molecule has 29 heavy (non-hydrogen) atoms. The van der Waals surface area contributed by atoms with Gasteiger partial charge in [-0.1, -0.05) is 50.2 Å². The van der Waals surface area contributed by atoms with Crippen LogP contribution in [0, 0.1) is 0 Å². The van der Waals surface area contributed by atoms with Crippen LogP contribution in [0.3, 0.4) is 0 Å². The van der Waals surface area contributed by atoms with E-state index in [1.165, 1.54) is 5.56 Å². The van der Waals surface area contributed by atoms with Crippen molar-refractivity contribution in [1.29, 1.82) is 0 Å². The van der Waals surface area contributed by atoms with Gasteiger partial charge in [0.05, 0.1) is 5.56 Å². The molecule has 0 saturated carbocycles. The zero-order valence-corrected chi connectivity index (χ0v) is 17.1. The number of carbonyl (C=O) groups excluding carboxylic acids is 1. The minimum absolute atomic E-state index is 0.179. The van der Waals surface area contributed by atoms with Gasteiger partial charge in [-0.05, 0) is 48.9 Å². The Hall–Kier alpha value is -3.21. The van der Waals surface area contributed by atoms with Crippen molar-refractivity contribution in [2.75, 3.05) is 10.2 Å². The van der Waals surface area contributed by atoms with Gasteiger partial charge in [0.25, 0.3) is 5.91 Å². The first-order chi connectivity index (χ1) is 14.1. The van der Waals surface area contributed by atoms with Crippen LogP contribution in [0.2, 0.25) is 0 Å². The molecule has 1 aliphatic rings. The van der Waals surface area contributed by atoms with Crippen LogP contribution in [0.1, 0.15) is 47.8 Å². The Bertz CT molecular complexity index is 1010. The molecule has 0 spiro atoms. The Kier molecular flexibility index (Phi) is 5.30. The van der Waals surface area contributed by atoms with Gasteiger partial charge in [0, 0.05) is 29.8 Å². The van der Waals surface area contributed by atoms with Crippen molar-refractivity contribution in [2.24, 2.45) is 0 Å². The molecular formula is C24H26N4O. The topological polar surface area (TPSA) is 58.1 Å². The molecule has 2 heterocycles. The molecule has 1 aliphatic heterocycles. The molecule has 5 nitrogen and oxygen atoms in total. The number of nitrogens with zero attached hydrogens (tertiary/aromatic N) is 3. The number of amides is 1. The summed E-state index contributed by atoms with van der Waals surface area (Å²) in [6.45, 7) is 6.35. The Labute approximate surface area is 171 Å². The largest absolute Gasteiger partial charge is 0.321 e. The first-order valence-corrected chi connectivity index (χ1v) is 10.2. The van der Waals surface area contributed by atoms with E-state index in [4.69, 9.17) is 0 Å². The second-order valence-electron chi connectivity index (χ2n) is 7.44. The van der Waals surface area contributed by atoms with Crippen molar-refractivity contribution in [1.82, 2.24) is 9.97 Å². The quantitative estimate of drug-likeness (QED) is 0.675. The van der Waals surface area contributed by atoms with Crippen LogP contribution in [-0.2, 0) is 19.3 Å². The molecule has 2 aromatic carbocycles. The maximum Gasteiger partial charge on any atom is 0.258 e. The van der Waals surface area contributed by atoms with Crippen LogP contribution in [0.5, 0.6) is 0 Å². The molecule has 3 aromatic rings. The molecule has 1 unspecified atom stereocenters. The van der Waals surface area contributed by atoms with Gasteiger partial charge >= 0.3 is 0 Å². The molecule has 5 heteroatoms. The van der Waals surface area contributed by atoms with Gasteiger partial charge in [0.15, 0.2) is 0 Å². The van der Waals surface area contributed by atoms with Crippen LogP contribution in [0.15, 0.2) is 54.9 Å². The number of para-hydroxylation sites is 2. The summed E-state index contributed by atoms with van der Waals surface area (Å²) < 4.78 is 0. The van der Waals surface area contributed by atoms with Crippen LogP contribution in [0.4, 0.5) is 17.3 Å². The number of aromatic nitrogens is 2. The number of hydrogen-bond acceptors (Lipinski definition) is 4. The molecule has 0 radical (unpaired) electrons. The number of hydrogen-bond donors (Lipinski definition) is 1. The molecule has 0 bridgehead atoms. The molecular weight excluding hydrogens is 360 g/mol. The van der Waals surface area contributed by atoms with E-state index in [0.717, 1.165) is 41.8 Å². The van der Waals surface area contributed by atoms with Gasteiger partial charge in [0.2, 0.25) is 5.95 Å². The number of benzene rings is 2. The minimum Gasteiger partial charge on any atom is -0.321 e. The van der Waals surface area contributed by atoms with Crippen LogP contribution < -0.4 is 10.2 Å². The monoisotopic (exact) mass is 386 g/mol. The lowest BCUT2D eigenvalue weighted by Gasteiger charge is -2.22. The third-order valence-corrected chi connectivity index (χ3v) is 5.56. The molecule has 0 fully saturated rings. The normalized spacial score (nSPS) is 15.3. The Morgan fingerprint density at radius 3 is 2.34 bits per heavy atom. The predicted octanol–water partition coefficient (Wildman–Crippen LogP) is 4.94. The molecule has 1 N–H and O–H groups in total. The van der Waals surface area contributed by atoms with Crippen LogP contribution in [0.25, 0.3) is 0 Å². The number of carbonyl (C=O) groups is 1. The summed E-state index contributed by atoms with van der Waals surface area (Å²) in [4.78, 5) is 24.0. The summed E-state index contributed by atoms with van der Waals surface area (Å²) in [5, 5.41) is 3.08. The number of rotatable bonds is 5. The fourth-order valence-corrected chi connectivity index (χ4v) is 4.02. The SMILES string of the molecule is CCc1cccc(CC)c1NC(=O)c1cnc(N2c3ccccc3CC2C)nc1. The van der Waals surface area contributed by atoms with E-state index in [9.17, 15) is 4.79 Å². The zero-order chi connectivity index (χ0) is 20.4. The van der Waals surface area contributed by atoms with E-state index >= 15 is 0 Å². The highest BCUT2D eigenvalue weighted by Crippen LogP contribution is 2.36. The summed E-state index contributed by atoms with van der Waals surface area (Å²) in [5.74, 6) is 0.448. The lowest BCUT2D eigenvalue weighted by atomic mass is 10.0. The Balaban J connectivity index is 1.57. The second-order valence-corrected chi connectivity index (χ2v) is 7.44. The molecule has 0 saturated heterocycles. The molecule has 0 aliphatic carbocycles. The van der Waals surface area contributed by atoms with E-state index < -0.39 is 0 Å². The molecule has 1 atom stereocenters. The number of anilines is 3. The lowest BCUT2D eigenvalue weighted by molar-refractivity contribution is 0.102. The second kappa shape index (κ2) is 8.03. The zero-order valence-electron chi connectivity index (χ0n) is 17.1. The van der Waals surface area contributed by atoms with E-state index in [2.05, 4.69) is 71.3 Å². The minimum atomic E-state index is -0.179. The standard InChI is InChI=1S/C24H26N4O/c1-4-17-10-8-11-18(5-2)22(17)27-23(29)20-14-25-24(26-15-20)28-16(3)13-19-9-6-7-12-21(19)28/h6-12,14-16H,4-5,13H2,1-3H3,(H,27,29). The highest BCUT2D eigenvalue weighted by atomic mass is 16.1. The van der Waals surface area contributed by atoms with E-state index in [1.807, 2.05) is 12.1 Å². The summed E-state index contributed by atoms with van der Waals surface area (Å²) in [7, 11) is 0. The van der Waals surface area contributed by atoms with Gasteiger partial charge in [0.1, 0.15) is 0 Å². The Morgan fingerprint density at radius 2 is 1.69 bits per heavy atom. The van der Waals surface area contributed by atoms with Crippen molar-refractivity contribution in [3.05, 3.63) is 77.1 Å². The molecule has 1 amide bonds. The number of nitrogens with one attached hydrogen (secondary N) is 1. The summed E-state index contributed by atoms with van der Waals surface area (Å²) in [6.07, 6.45) is 5.93. The molecule has 1 aromatic heterocycles. The lowest BCUT2D eigenvalue weighted by Crippen LogP contribution is -2.26. The molecule has 4 rings (SSSR count). The van der Waals surface area contributed by atoms with Gasteiger partial charge in [-0.3, -0.25) is 4.79 Å². The van der Waals surface area contributed by atoms with Crippen molar-refractivity contribution >= 4 is 23.2 Å². The maximum atomic E-state index is 12.8. The van der Waals surface area contributed by atoms with Crippen molar-refractivity contribution < 1.29 is 4.79 Å². The van der Waals surface area contributed by atoms with Crippen molar-refractivity contribution in [3.8, 4) is 0 Å². The van der Waals surface area contributed by atoms with E-state index in [0.29, 0.717) is 11.5 Å². The first kappa shape index (κ1) is 19.1. The summed E-state index contributed by atoms with van der Waals surface area (Å²) in [5.41, 5.74) is 6.08. The highest BCUT2D eigenvalue weighted by molar-refractivity contribution is 6.04. The van der Waals surface area contributed by atoms with E-state index in [1.54, 1.807) is 12.4 Å². The third kappa shape index (κ3) is 3.60. The smallest absolute Gasteiger partial charge is 0.258 e.